The average molecular weight is 396 g/mol. The molecule has 1 heterocycles. The topological polar surface area (TPSA) is 28.1 Å². The lowest BCUT2D eigenvalue weighted by molar-refractivity contribution is 0.0377. The van der Waals surface area contributed by atoms with E-state index in [9.17, 15) is 0 Å². The van der Waals surface area contributed by atoms with E-state index in [1.807, 2.05) is 0 Å². The molecule has 1 saturated heterocycles. The van der Waals surface area contributed by atoms with Gasteiger partial charge in [-0.3, -0.25) is 9.89 Å². The van der Waals surface area contributed by atoms with Gasteiger partial charge in [0, 0.05) is 45.8 Å². The van der Waals surface area contributed by atoms with Gasteiger partial charge in [-0.1, -0.05) is 32.0 Å². The van der Waals surface area contributed by atoms with Gasteiger partial charge in [-0.25, -0.2) is 0 Å². The van der Waals surface area contributed by atoms with E-state index < -0.39 is 0 Å². The lowest BCUT2D eigenvalue weighted by Crippen LogP contribution is -2.37. The van der Waals surface area contributed by atoms with Crippen LogP contribution in [-0.4, -0.2) is 69.1 Å². The second-order valence-electron chi connectivity index (χ2n) is 8.75. The molecular weight excluding hydrogens is 358 g/mol. The highest BCUT2D eigenvalue weighted by atomic mass is 16.5. The number of ether oxygens (including phenoxy) is 1. The quantitative estimate of drug-likeness (QED) is 0.408. The molecular formula is C25H37N3O. The molecule has 0 spiro atoms. The maximum Gasteiger partial charge on any atom is 0.131 e. The number of aryl methyl sites for hydroxylation is 2. The standard InChI is InChI=1S/C25H37N3O/c1-18(2)21-9-8-19(3)24-22(17-21)20(4)16-23(24)25(27(5)6)26-10-7-11-28-12-14-29-15-13-28/h8-9,16-18H,7,10-15H2,1-6H3. The summed E-state index contributed by atoms with van der Waals surface area (Å²) in [6.45, 7) is 14.7. The summed E-state index contributed by atoms with van der Waals surface area (Å²) in [7, 11) is 4.21. The third kappa shape index (κ3) is 5.18. The van der Waals surface area contributed by atoms with E-state index in [0.717, 1.165) is 51.6 Å². The fourth-order valence-corrected chi connectivity index (χ4v) is 4.15. The molecule has 4 heteroatoms. The van der Waals surface area contributed by atoms with Gasteiger partial charge in [0.15, 0.2) is 0 Å². The van der Waals surface area contributed by atoms with E-state index in [4.69, 9.17) is 9.73 Å². The maximum absolute atomic E-state index is 5.44. The zero-order valence-corrected chi connectivity index (χ0v) is 19.1. The van der Waals surface area contributed by atoms with Crippen LogP contribution in [0.5, 0.6) is 0 Å². The van der Waals surface area contributed by atoms with Crippen molar-refractivity contribution >= 4 is 5.84 Å². The fourth-order valence-electron chi connectivity index (χ4n) is 4.15. The first-order valence-electron chi connectivity index (χ1n) is 10.9. The van der Waals surface area contributed by atoms with Gasteiger partial charge >= 0.3 is 0 Å². The highest BCUT2D eigenvalue weighted by Crippen LogP contribution is 2.36. The molecule has 2 aliphatic carbocycles. The molecule has 0 N–H and O–H groups in total. The van der Waals surface area contributed by atoms with Crippen LogP contribution in [0.25, 0.3) is 11.1 Å². The van der Waals surface area contributed by atoms with Crippen molar-refractivity contribution in [2.24, 2.45) is 4.99 Å². The summed E-state index contributed by atoms with van der Waals surface area (Å²) in [6.07, 6.45) is 1.08. The highest BCUT2D eigenvalue weighted by molar-refractivity contribution is 6.07. The van der Waals surface area contributed by atoms with Crippen LogP contribution in [0.3, 0.4) is 0 Å². The molecule has 0 bridgehead atoms. The number of aliphatic imine (C=N–C) groups is 1. The monoisotopic (exact) mass is 395 g/mol. The minimum Gasteiger partial charge on any atom is -0.379 e. The van der Waals surface area contributed by atoms with E-state index in [0.29, 0.717) is 5.92 Å². The summed E-state index contributed by atoms with van der Waals surface area (Å²) in [5, 5.41) is 0. The van der Waals surface area contributed by atoms with E-state index >= 15 is 0 Å². The number of amidine groups is 1. The Morgan fingerprint density at radius 1 is 1.10 bits per heavy atom. The van der Waals surface area contributed by atoms with Crippen molar-refractivity contribution in [3.63, 3.8) is 0 Å². The molecule has 158 valence electrons. The molecule has 0 aromatic rings. The van der Waals surface area contributed by atoms with Crippen molar-refractivity contribution in [1.82, 2.24) is 9.80 Å². The van der Waals surface area contributed by atoms with Crippen LogP contribution in [0.4, 0.5) is 0 Å². The molecule has 0 saturated carbocycles. The molecule has 0 unspecified atom stereocenters. The molecule has 0 aromatic carbocycles. The predicted molar refractivity (Wildman–Crippen MR) is 124 cm³/mol. The summed E-state index contributed by atoms with van der Waals surface area (Å²) in [4.78, 5) is 9.69. The number of hydrogen-bond donors (Lipinski definition) is 0. The van der Waals surface area contributed by atoms with E-state index in [-0.39, 0.29) is 0 Å². The smallest absolute Gasteiger partial charge is 0.131 e. The fraction of sp³-hybridized carbons (Fsp3) is 0.560. The van der Waals surface area contributed by atoms with Crippen LogP contribution >= 0.6 is 0 Å². The van der Waals surface area contributed by atoms with Crippen LogP contribution in [0.15, 0.2) is 29.3 Å². The number of morpholine rings is 1. The molecule has 1 fully saturated rings. The van der Waals surface area contributed by atoms with Gasteiger partial charge in [0.25, 0.3) is 0 Å². The summed E-state index contributed by atoms with van der Waals surface area (Å²) in [6, 6.07) is 9.24. The van der Waals surface area contributed by atoms with Crippen LogP contribution in [0, 0.1) is 13.8 Å². The van der Waals surface area contributed by atoms with Crippen LogP contribution < -0.4 is 0 Å². The highest BCUT2D eigenvalue weighted by Gasteiger charge is 2.21. The van der Waals surface area contributed by atoms with Crippen molar-refractivity contribution in [2.45, 2.75) is 40.0 Å². The Labute approximate surface area is 176 Å². The van der Waals surface area contributed by atoms with Crippen molar-refractivity contribution in [3.05, 3.63) is 46.5 Å². The minimum atomic E-state index is 0.518. The van der Waals surface area contributed by atoms with Crippen molar-refractivity contribution in [3.8, 4) is 11.1 Å². The lowest BCUT2D eigenvalue weighted by Gasteiger charge is -2.26. The summed E-state index contributed by atoms with van der Waals surface area (Å²) in [5.74, 6) is 1.61. The summed E-state index contributed by atoms with van der Waals surface area (Å²) in [5.41, 5.74) is 8.00. The Bertz CT molecular complexity index is 819. The van der Waals surface area contributed by atoms with Gasteiger partial charge in [-0.15, -0.1) is 0 Å². The van der Waals surface area contributed by atoms with Gasteiger partial charge < -0.3 is 9.64 Å². The lowest BCUT2D eigenvalue weighted by atomic mass is 10.00. The van der Waals surface area contributed by atoms with Gasteiger partial charge in [-0.2, -0.15) is 0 Å². The maximum atomic E-state index is 5.44. The normalized spacial score (nSPS) is 16.0. The minimum absolute atomic E-state index is 0.518. The first-order valence-corrected chi connectivity index (χ1v) is 10.9. The zero-order valence-electron chi connectivity index (χ0n) is 19.1. The Hall–Kier alpha value is -1.91. The zero-order chi connectivity index (χ0) is 21.0. The SMILES string of the molecule is Cc1cc(C(=NCCCN2CCOCC2)N(C)C)c2c(C)ccc(C(C)C)cc1-2. The number of hydrogen-bond acceptors (Lipinski definition) is 3. The molecule has 3 aliphatic rings. The number of fused-ring (bicyclic) bond motifs is 1. The van der Waals surface area contributed by atoms with Crippen LogP contribution in [0.1, 0.15) is 48.4 Å². The van der Waals surface area contributed by atoms with E-state index in [1.54, 1.807) is 0 Å². The predicted octanol–water partition coefficient (Wildman–Crippen LogP) is 4.56. The molecule has 0 radical (unpaired) electrons. The summed E-state index contributed by atoms with van der Waals surface area (Å²) >= 11 is 0. The van der Waals surface area contributed by atoms with Gasteiger partial charge in [0.05, 0.1) is 13.2 Å². The van der Waals surface area contributed by atoms with Gasteiger partial charge in [0.1, 0.15) is 5.84 Å². The third-order valence-electron chi connectivity index (χ3n) is 5.88. The van der Waals surface area contributed by atoms with Crippen molar-refractivity contribution < 1.29 is 4.74 Å². The number of nitrogens with zero attached hydrogens (tertiary/aromatic N) is 3. The Balaban J connectivity index is 1.86. The Morgan fingerprint density at radius 2 is 1.83 bits per heavy atom. The van der Waals surface area contributed by atoms with Crippen LogP contribution in [-0.2, 0) is 4.74 Å². The van der Waals surface area contributed by atoms with Crippen molar-refractivity contribution in [2.75, 3.05) is 53.5 Å². The number of rotatable bonds is 6. The molecule has 1 aliphatic heterocycles. The van der Waals surface area contributed by atoms with Gasteiger partial charge in [-0.05, 0) is 60.1 Å². The largest absolute Gasteiger partial charge is 0.379 e. The molecule has 4 nitrogen and oxygen atoms in total. The Morgan fingerprint density at radius 3 is 2.48 bits per heavy atom. The first-order chi connectivity index (χ1) is 13.9. The first kappa shape index (κ1) is 21.8. The Kier molecular flexibility index (Phi) is 7.31. The van der Waals surface area contributed by atoms with Crippen molar-refractivity contribution in [1.29, 1.82) is 0 Å². The second kappa shape index (κ2) is 9.73. The molecule has 0 amide bonds. The molecule has 29 heavy (non-hydrogen) atoms. The summed E-state index contributed by atoms with van der Waals surface area (Å²) < 4.78 is 5.44. The molecule has 0 aromatic heterocycles. The van der Waals surface area contributed by atoms with Crippen LogP contribution in [0.2, 0.25) is 0 Å². The average Bonchev–Trinajstić information content (AvgIpc) is 2.89. The van der Waals surface area contributed by atoms with Gasteiger partial charge in [0.2, 0.25) is 0 Å². The molecule has 3 rings (SSSR count). The third-order valence-corrected chi connectivity index (χ3v) is 5.88. The molecule has 0 atom stereocenters. The van der Waals surface area contributed by atoms with E-state index in [1.165, 1.54) is 33.4 Å². The second-order valence-corrected chi connectivity index (χ2v) is 8.75. The van der Waals surface area contributed by atoms with E-state index in [2.05, 4.69) is 75.9 Å².